The summed E-state index contributed by atoms with van der Waals surface area (Å²) in [7, 11) is 0. The van der Waals surface area contributed by atoms with Crippen molar-refractivity contribution in [3.05, 3.63) is 41.5 Å². The van der Waals surface area contributed by atoms with E-state index in [0.717, 1.165) is 45.7 Å². The lowest BCUT2D eigenvalue weighted by molar-refractivity contribution is 0.0773. The Balaban J connectivity index is 0.00000240. The van der Waals surface area contributed by atoms with Gasteiger partial charge in [-0.15, -0.1) is 12.4 Å². The molecule has 1 aromatic carbocycles. The van der Waals surface area contributed by atoms with Crippen LogP contribution in [0.5, 0.6) is 5.75 Å². The number of ether oxygens (including phenoxy) is 1. The highest BCUT2D eigenvalue weighted by Crippen LogP contribution is 2.20. The van der Waals surface area contributed by atoms with Gasteiger partial charge in [-0.3, -0.25) is 9.69 Å². The number of halogens is 1. The first kappa shape index (κ1) is 21.5. The number of hydrogen-bond acceptors (Lipinski definition) is 7. The molecule has 1 unspecified atom stereocenters. The van der Waals surface area contributed by atoms with E-state index in [4.69, 9.17) is 9.26 Å². The number of benzene rings is 1. The van der Waals surface area contributed by atoms with Crippen molar-refractivity contribution in [1.29, 1.82) is 0 Å². The zero-order valence-corrected chi connectivity index (χ0v) is 17.5. The number of nitrogens with one attached hydrogen (secondary N) is 1. The van der Waals surface area contributed by atoms with Crippen molar-refractivity contribution < 1.29 is 14.1 Å². The molecule has 4 rings (SSSR count). The molecule has 0 bridgehead atoms. The highest BCUT2D eigenvalue weighted by molar-refractivity contribution is 5.94. The standard InChI is InChI=1S/C20H27N5O3.ClH/c1-2-19-22-18(23-28-19)14-27-17-5-3-15(4-6-17)20(26)25-10-7-16(13-25)24-11-8-21-9-12-24;/h3-6,16,21H,2,7-14H2,1H3;1H. The van der Waals surface area contributed by atoms with Gasteiger partial charge in [-0.1, -0.05) is 12.1 Å². The van der Waals surface area contributed by atoms with Gasteiger partial charge in [-0.2, -0.15) is 4.98 Å². The van der Waals surface area contributed by atoms with Gasteiger partial charge in [0.1, 0.15) is 5.75 Å². The molecule has 158 valence electrons. The largest absolute Gasteiger partial charge is 0.485 e. The van der Waals surface area contributed by atoms with Gasteiger partial charge in [-0.05, 0) is 30.7 Å². The number of rotatable bonds is 6. The van der Waals surface area contributed by atoms with Gasteiger partial charge in [0.05, 0.1) is 0 Å². The lowest BCUT2D eigenvalue weighted by Crippen LogP contribution is -2.49. The molecule has 2 aliphatic heterocycles. The minimum atomic E-state index is 0. The van der Waals surface area contributed by atoms with Gasteiger partial charge < -0.3 is 19.5 Å². The van der Waals surface area contributed by atoms with Crippen LogP contribution in [0.1, 0.15) is 35.4 Å². The monoisotopic (exact) mass is 421 g/mol. The molecule has 1 aromatic heterocycles. The summed E-state index contributed by atoms with van der Waals surface area (Å²) < 4.78 is 10.7. The zero-order chi connectivity index (χ0) is 19.3. The van der Waals surface area contributed by atoms with E-state index in [1.54, 1.807) is 0 Å². The lowest BCUT2D eigenvalue weighted by Gasteiger charge is -2.32. The molecule has 9 heteroatoms. The Hall–Kier alpha value is -2.16. The van der Waals surface area contributed by atoms with Crippen molar-refractivity contribution >= 4 is 18.3 Å². The number of aromatic nitrogens is 2. The minimum absolute atomic E-state index is 0. The number of carbonyl (C=O) groups is 1. The van der Waals surface area contributed by atoms with E-state index in [9.17, 15) is 4.79 Å². The van der Waals surface area contributed by atoms with Gasteiger partial charge >= 0.3 is 0 Å². The third-order valence-electron chi connectivity index (χ3n) is 5.40. The molecule has 2 aromatic rings. The quantitative estimate of drug-likeness (QED) is 0.760. The summed E-state index contributed by atoms with van der Waals surface area (Å²) >= 11 is 0. The van der Waals surface area contributed by atoms with Gasteiger partial charge in [-0.25, -0.2) is 0 Å². The molecule has 0 saturated carbocycles. The van der Waals surface area contributed by atoms with Gasteiger partial charge in [0, 0.05) is 57.3 Å². The van der Waals surface area contributed by atoms with Crippen LogP contribution >= 0.6 is 12.4 Å². The predicted molar refractivity (Wildman–Crippen MR) is 110 cm³/mol. The van der Waals surface area contributed by atoms with Crippen molar-refractivity contribution in [2.24, 2.45) is 0 Å². The Morgan fingerprint density at radius 3 is 2.69 bits per heavy atom. The topological polar surface area (TPSA) is 83.7 Å². The Bertz CT molecular complexity index is 792. The van der Waals surface area contributed by atoms with Crippen molar-refractivity contribution in [1.82, 2.24) is 25.3 Å². The van der Waals surface area contributed by atoms with E-state index < -0.39 is 0 Å². The molecular formula is C20H28ClN5O3. The second kappa shape index (κ2) is 10.0. The summed E-state index contributed by atoms with van der Waals surface area (Å²) in [6.45, 7) is 8.05. The summed E-state index contributed by atoms with van der Waals surface area (Å²) in [5.41, 5.74) is 0.696. The number of amides is 1. The van der Waals surface area contributed by atoms with Gasteiger partial charge in [0.25, 0.3) is 5.91 Å². The summed E-state index contributed by atoms with van der Waals surface area (Å²) in [5.74, 6) is 1.90. The molecule has 0 spiro atoms. The predicted octanol–water partition coefficient (Wildman–Crippen LogP) is 1.75. The highest BCUT2D eigenvalue weighted by Gasteiger charge is 2.31. The van der Waals surface area contributed by atoms with E-state index in [1.807, 2.05) is 36.1 Å². The molecule has 2 aliphatic rings. The number of nitrogens with zero attached hydrogens (tertiary/aromatic N) is 4. The normalized spacial score (nSPS) is 19.8. The van der Waals surface area contributed by atoms with Gasteiger partial charge in [0.2, 0.25) is 11.7 Å². The Kier molecular flexibility index (Phi) is 7.46. The van der Waals surface area contributed by atoms with E-state index in [1.165, 1.54) is 0 Å². The smallest absolute Gasteiger partial charge is 0.253 e. The first-order valence-corrected chi connectivity index (χ1v) is 10.0. The number of likely N-dealkylation sites (tertiary alicyclic amines) is 1. The fraction of sp³-hybridized carbons (Fsp3) is 0.550. The number of carbonyl (C=O) groups excluding carboxylic acids is 1. The van der Waals surface area contributed by atoms with Crippen LogP contribution < -0.4 is 10.1 Å². The highest BCUT2D eigenvalue weighted by atomic mass is 35.5. The maximum absolute atomic E-state index is 12.8. The average molecular weight is 422 g/mol. The van der Waals surface area contributed by atoms with Gasteiger partial charge in [0.15, 0.2) is 6.61 Å². The van der Waals surface area contributed by atoms with Crippen LogP contribution in [0.3, 0.4) is 0 Å². The van der Waals surface area contributed by atoms with Crippen LogP contribution in [-0.4, -0.2) is 71.2 Å². The van der Waals surface area contributed by atoms with Crippen LogP contribution in [0, 0.1) is 0 Å². The molecule has 0 radical (unpaired) electrons. The summed E-state index contributed by atoms with van der Waals surface area (Å²) in [6, 6.07) is 7.76. The molecule has 1 atom stereocenters. The number of aryl methyl sites for hydroxylation is 1. The molecule has 0 aliphatic carbocycles. The Labute approximate surface area is 177 Å². The van der Waals surface area contributed by atoms with E-state index in [2.05, 4.69) is 20.4 Å². The fourth-order valence-corrected chi connectivity index (χ4v) is 3.79. The van der Waals surface area contributed by atoms with Crippen molar-refractivity contribution in [2.75, 3.05) is 39.3 Å². The summed E-state index contributed by atoms with van der Waals surface area (Å²) in [5, 5.41) is 7.25. The first-order chi connectivity index (χ1) is 13.7. The SMILES string of the molecule is CCc1nc(COc2ccc(C(=O)N3CCC(N4CCNCC4)C3)cc2)no1.Cl. The fourth-order valence-electron chi connectivity index (χ4n) is 3.79. The van der Waals surface area contributed by atoms with Crippen LogP contribution in [0.2, 0.25) is 0 Å². The molecule has 2 saturated heterocycles. The number of hydrogen-bond donors (Lipinski definition) is 1. The van der Waals surface area contributed by atoms with E-state index in [0.29, 0.717) is 35.5 Å². The zero-order valence-electron chi connectivity index (χ0n) is 16.7. The molecule has 2 fully saturated rings. The molecule has 1 N–H and O–H groups in total. The Morgan fingerprint density at radius 2 is 2.00 bits per heavy atom. The molecule has 1 amide bonds. The minimum Gasteiger partial charge on any atom is -0.485 e. The van der Waals surface area contributed by atoms with Crippen molar-refractivity contribution in [2.45, 2.75) is 32.4 Å². The molecular weight excluding hydrogens is 394 g/mol. The average Bonchev–Trinajstić information content (AvgIpc) is 3.42. The van der Waals surface area contributed by atoms with Crippen LogP contribution in [0.4, 0.5) is 0 Å². The third-order valence-corrected chi connectivity index (χ3v) is 5.40. The summed E-state index contributed by atoms with van der Waals surface area (Å²) in [4.78, 5) is 21.5. The molecule has 29 heavy (non-hydrogen) atoms. The third kappa shape index (κ3) is 5.26. The first-order valence-electron chi connectivity index (χ1n) is 10.0. The Morgan fingerprint density at radius 1 is 1.24 bits per heavy atom. The van der Waals surface area contributed by atoms with E-state index >= 15 is 0 Å². The van der Waals surface area contributed by atoms with Crippen LogP contribution in [0.15, 0.2) is 28.8 Å². The van der Waals surface area contributed by atoms with E-state index in [-0.39, 0.29) is 24.9 Å². The molecule has 3 heterocycles. The maximum Gasteiger partial charge on any atom is 0.253 e. The van der Waals surface area contributed by atoms with Crippen molar-refractivity contribution in [3.63, 3.8) is 0 Å². The summed E-state index contributed by atoms with van der Waals surface area (Å²) in [6.07, 6.45) is 1.76. The van der Waals surface area contributed by atoms with Crippen molar-refractivity contribution in [3.8, 4) is 5.75 Å². The van der Waals surface area contributed by atoms with Crippen LogP contribution in [-0.2, 0) is 13.0 Å². The lowest BCUT2D eigenvalue weighted by atomic mass is 10.2. The number of piperazine rings is 1. The second-order valence-corrected chi connectivity index (χ2v) is 7.25. The maximum atomic E-state index is 12.8. The van der Waals surface area contributed by atoms with Crippen LogP contribution in [0.25, 0.3) is 0 Å². The molecule has 8 nitrogen and oxygen atoms in total. The second-order valence-electron chi connectivity index (χ2n) is 7.25.